The van der Waals surface area contributed by atoms with E-state index in [1.165, 1.54) is 0 Å². The zero-order valence-electron chi connectivity index (χ0n) is 16.6. The minimum Gasteiger partial charge on any atom is -0.369 e. The van der Waals surface area contributed by atoms with E-state index in [4.69, 9.17) is 17.3 Å². The van der Waals surface area contributed by atoms with Gasteiger partial charge in [-0.15, -0.1) is 0 Å². The van der Waals surface area contributed by atoms with Crippen molar-refractivity contribution >= 4 is 45.8 Å². The van der Waals surface area contributed by atoms with Gasteiger partial charge in [0.15, 0.2) is 0 Å². The van der Waals surface area contributed by atoms with Crippen molar-refractivity contribution < 1.29 is 9.59 Å². The monoisotopic (exact) mass is 423 g/mol. The standard InChI is InChI=1S/C22H22ClN5O2/c1-13-18(10-15-9-16(23)4-6-19(15)26-13)22(30)27-17-5-7-20(25-11-17)28-8-2-3-14(12-28)21(24)29/h4-7,9-11,14H,2-3,8,12H2,1H3,(H2,24,29)(H,27,30). The number of nitrogens with zero attached hydrogens (tertiary/aromatic N) is 3. The molecule has 1 fully saturated rings. The van der Waals surface area contributed by atoms with Gasteiger partial charge in [0.1, 0.15) is 5.82 Å². The van der Waals surface area contributed by atoms with Gasteiger partial charge in [-0.05, 0) is 56.2 Å². The number of fused-ring (bicyclic) bond motifs is 1. The smallest absolute Gasteiger partial charge is 0.257 e. The van der Waals surface area contributed by atoms with Gasteiger partial charge < -0.3 is 16.0 Å². The number of hydrogen-bond acceptors (Lipinski definition) is 5. The van der Waals surface area contributed by atoms with E-state index < -0.39 is 0 Å². The summed E-state index contributed by atoms with van der Waals surface area (Å²) < 4.78 is 0. The maximum Gasteiger partial charge on any atom is 0.257 e. The molecule has 4 rings (SSSR count). The molecule has 3 aromatic rings. The predicted octanol–water partition coefficient (Wildman–Crippen LogP) is 3.55. The Labute approximate surface area is 179 Å². The number of hydrogen-bond donors (Lipinski definition) is 2. The normalized spacial score (nSPS) is 16.5. The van der Waals surface area contributed by atoms with Crippen LogP contribution in [0.15, 0.2) is 42.6 Å². The first-order valence-electron chi connectivity index (χ1n) is 9.79. The number of pyridine rings is 2. The molecule has 1 aliphatic heterocycles. The lowest BCUT2D eigenvalue weighted by Crippen LogP contribution is -2.41. The molecule has 1 atom stereocenters. The summed E-state index contributed by atoms with van der Waals surface area (Å²) in [6.45, 7) is 3.20. The van der Waals surface area contributed by atoms with Gasteiger partial charge in [0, 0.05) is 23.5 Å². The molecule has 7 nitrogen and oxygen atoms in total. The second-order valence-corrected chi connectivity index (χ2v) is 7.94. The fraction of sp³-hybridized carbons (Fsp3) is 0.273. The molecule has 2 aromatic heterocycles. The Morgan fingerprint density at radius 1 is 1.23 bits per heavy atom. The number of aromatic nitrogens is 2. The SMILES string of the molecule is Cc1nc2ccc(Cl)cc2cc1C(=O)Nc1ccc(N2CCCC(C(N)=O)C2)nc1. The molecule has 3 N–H and O–H groups in total. The Morgan fingerprint density at radius 3 is 2.80 bits per heavy atom. The number of piperidine rings is 1. The van der Waals surface area contributed by atoms with Crippen LogP contribution in [0.4, 0.5) is 11.5 Å². The van der Waals surface area contributed by atoms with Gasteiger partial charge in [-0.3, -0.25) is 14.6 Å². The average molecular weight is 424 g/mol. The van der Waals surface area contributed by atoms with E-state index in [9.17, 15) is 9.59 Å². The number of amides is 2. The molecule has 2 amide bonds. The highest BCUT2D eigenvalue weighted by Gasteiger charge is 2.24. The summed E-state index contributed by atoms with van der Waals surface area (Å²) in [6.07, 6.45) is 3.32. The number of primary amides is 1. The summed E-state index contributed by atoms with van der Waals surface area (Å²) in [5, 5.41) is 4.27. The number of anilines is 2. The highest BCUT2D eigenvalue weighted by molar-refractivity contribution is 6.31. The fourth-order valence-electron chi connectivity index (χ4n) is 3.74. The second kappa shape index (κ2) is 8.28. The van der Waals surface area contributed by atoms with Gasteiger partial charge in [0.25, 0.3) is 5.91 Å². The summed E-state index contributed by atoms with van der Waals surface area (Å²) >= 11 is 6.06. The molecule has 8 heteroatoms. The molecule has 1 unspecified atom stereocenters. The van der Waals surface area contributed by atoms with Crippen molar-refractivity contribution in [2.75, 3.05) is 23.3 Å². The Hall–Kier alpha value is -3.19. The van der Waals surface area contributed by atoms with Crippen LogP contribution in [-0.2, 0) is 4.79 Å². The number of aryl methyl sites for hydroxylation is 1. The highest BCUT2D eigenvalue weighted by atomic mass is 35.5. The lowest BCUT2D eigenvalue weighted by molar-refractivity contribution is -0.122. The predicted molar refractivity (Wildman–Crippen MR) is 118 cm³/mol. The van der Waals surface area contributed by atoms with Crippen LogP contribution >= 0.6 is 11.6 Å². The van der Waals surface area contributed by atoms with Crippen LogP contribution < -0.4 is 16.0 Å². The molecule has 0 bridgehead atoms. The summed E-state index contributed by atoms with van der Waals surface area (Å²) in [6, 6.07) is 10.8. The van der Waals surface area contributed by atoms with Gasteiger partial charge in [0.2, 0.25) is 5.91 Å². The number of nitrogens with two attached hydrogens (primary N) is 1. The topological polar surface area (TPSA) is 101 Å². The minimum absolute atomic E-state index is 0.156. The lowest BCUT2D eigenvalue weighted by Gasteiger charge is -2.32. The third-order valence-corrected chi connectivity index (χ3v) is 5.60. The molecule has 0 saturated carbocycles. The third kappa shape index (κ3) is 4.21. The Balaban J connectivity index is 1.49. The largest absolute Gasteiger partial charge is 0.369 e. The van der Waals surface area contributed by atoms with E-state index in [1.54, 1.807) is 37.4 Å². The molecular formula is C22H22ClN5O2. The van der Waals surface area contributed by atoms with Crippen LogP contribution in [0.5, 0.6) is 0 Å². The number of halogens is 1. The van der Waals surface area contributed by atoms with Crippen molar-refractivity contribution in [2.45, 2.75) is 19.8 Å². The second-order valence-electron chi connectivity index (χ2n) is 7.51. The number of nitrogens with one attached hydrogen (secondary N) is 1. The van der Waals surface area contributed by atoms with Crippen molar-refractivity contribution in [1.29, 1.82) is 0 Å². The van der Waals surface area contributed by atoms with Crippen molar-refractivity contribution in [3.8, 4) is 0 Å². The zero-order chi connectivity index (χ0) is 21.3. The number of carbonyl (C=O) groups excluding carboxylic acids is 2. The van der Waals surface area contributed by atoms with Crippen LogP contribution in [0.2, 0.25) is 5.02 Å². The number of carbonyl (C=O) groups is 2. The molecule has 30 heavy (non-hydrogen) atoms. The third-order valence-electron chi connectivity index (χ3n) is 5.37. The van der Waals surface area contributed by atoms with E-state index in [0.717, 1.165) is 36.1 Å². The molecular weight excluding hydrogens is 402 g/mol. The van der Waals surface area contributed by atoms with Crippen molar-refractivity contribution in [3.63, 3.8) is 0 Å². The van der Waals surface area contributed by atoms with Crippen molar-refractivity contribution in [1.82, 2.24) is 9.97 Å². The van der Waals surface area contributed by atoms with E-state index in [0.29, 0.717) is 28.5 Å². The first-order valence-corrected chi connectivity index (χ1v) is 10.2. The van der Waals surface area contributed by atoms with Crippen LogP contribution in [0.1, 0.15) is 28.9 Å². The minimum atomic E-state index is -0.274. The molecule has 1 saturated heterocycles. The zero-order valence-corrected chi connectivity index (χ0v) is 17.3. The number of benzene rings is 1. The van der Waals surface area contributed by atoms with E-state index in [-0.39, 0.29) is 17.7 Å². The summed E-state index contributed by atoms with van der Waals surface area (Å²) in [4.78, 5) is 35.3. The highest BCUT2D eigenvalue weighted by Crippen LogP contribution is 2.24. The van der Waals surface area contributed by atoms with Crippen LogP contribution in [-0.4, -0.2) is 34.9 Å². The summed E-state index contributed by atoms with van der Waals surface area (Å²) in [5.74, 6) is 0.0707. The first kappa shape index (κ1) is 20.1. The quantitative estimate of drug-likeness (QED) is 0.668. The lowest BCUT2D eigenvalue weighted by atomic mass is 9.97. The maximum absolute atomic E-state index is 12.8. The Bertz CT molecular complexity index is 1120. The number of rotatable bonds is 4. The van der Waals surface area contributed by atoms with Gasteiger partial charge >= 0.3 is 0 Å². The van der Waals surface area contributed by atoms with Crippen molar-refractivity contribution in [2.24, 2.45) is 11.7 Å². The maximum atomic E-state index is 12.8. The average Bonchev–Trinajstić information content (AvgIpc) is 2.74. The molecule has 1 aliphatic rings. The fourth-order valence-corrected chi connectivity index (χ4v) is 3.92. The molecule has 154 valence electrons. The molecule has 1 aromatic carbocycles. The van der Waals surface area contributed by atoms with Crippen LogP contribution in [0.3, 0.4) is 0 Å². The van der Waals surface area contributed by atoms with E-state index in [1.807, 2.05) is 17.0 Å². The van der Waals surface area contributed by atoms with Crippen molar-refractivity contribution in [3.05, 3.63) is 58.9 Å². The van der Waals surface area contributed by atoms with Gasteiger partial charge in [-0.1, -0.05) is 11.6 Å². The molecule has 3 heterocycles. The Kier molecular flexibility index (Phi) is 5.55. The van der Waals surface area contributed by atoms with Crippen LogP contribution in [0.25, 0.3) is 10.9 Å². The molecule has 0 spiro atoms. The van der Waals surface area contributed by atoms with Gasteiger partial charge in [-0.2, -0.15) is 0 Å². The van der Waals surface area contributed by atoms with Gasteiger partial charge in [0.05, 0.1) is 34.6 Å². The molecule has 0 radical (unpaired) electrons. The molecule has 0 aliphatic carbocycles. The van der Waals surface area contributed by atoms with Crippen LogP contribution in [0, 0.1) is 12.8 Å². The van der Waals surface area contributed by atoms with E-state index >= 15 is 0 Å². The van der Waals surface area contributed by atoms with Gasteiger partial charge in [-0.25, -0.2) is 4.98 Å². The summed E-state index contributed by atoms with van der Waals surface area (Å²) in [5.41, 5.74) is 7.94. The first-order chi connectivity index (χ1) is 14.4. The van der Waals surface area contributed by atoms with E-state index in [2.05, 4.69) is 15.3 Å². The summed E-state index contributed by atoms with van der Waals surface area (Å²) in [7, 11) is 0. The Morgan fingerprint density at radius 2 is 2.07 bits per heavy atom.